The van der Waals surface area contributed by atoms with Gasteiger partial charge in [0.25, 0.3) is 5.91 Å². The van der Waals surface area contributed by atoms with E-state index in [0.29, 0.717) is 17.8 Å². The van der Waals surface area contributed by atoms with Crippen LogP contribution in [0.1, 0.15) is 34.5 Å². The Morgan fingerprint density at radius 3 is 2.32 bits per heavy atom. The Morgan fingerprint density at radius 1 is 0.919 bits per heavy atom. The molecular formula is C29H37N7O. The van der Waals surface area contributed by atoms with E-state index in [1.54, 1.807) is 30.6 Å². The highest BCUT2D eigenvalue weighted by Gasteiger charge is 2.26. The van der Waals surface area contributed by atoms with Crippen LogP contribution in [-0.4, -0.2) is 74.1 Å². The number of nitrogen functional groups attached to an aromatic ring is 1. The van der Waals surface area contributed by atoms with E-state index in [1.807, 2.05) is 4.90 Å². The van der Waals surface area contributed by atoms with E-state index < -0.39 is 0 Å². The summed E-state index contributed by atoms with van der Waals surface area (Å²) in [7, 11) is 4.12. The number of carbonyl (C=O) groups excluding carboxylic acids is 1. The first-order chi connectivity index (χ1) is 18.0. The minimum atomic E-state index is -0.0360. The zero-order valence-corrected chi connectivity index (χ0v) is 21.9. The summed E-state index contributed by atoms with van der Waals surface area (Å²) in [5.41, 5.74) is 11.8. The van der Waals surface area contributed by atoms with Crippen molar-refractivity contribution in [3.8, 4) is 0 Å². The van der Waals surface area contributed by atoms with Gasteiger partial charge in [-0.1, -0.05) is 0 Å². The van der Waals surface area contributed by atoms with Gasteiger partial charge >= 0.3 is 0 Å². The molecular weight excluding hydrogens is 462 g/mol. The van der Waals surface area contributed by atoms with Crippen LogP contribution in [0.3, 0.4) is 0 Å². The van der Waals surface area contributed by atoms with Crippen molar-refractivity contribution < 1.29 is 4.79 Å². The van der Waals surface area contributed by atoms with Crippen LogP contribution in [0.15, 0.2) is 54.9 Å². The fourth-order valence-corrected chi connectivity index (χ4v) is 5.25. The van der Waals surface area contributed by atoms with Crippen LogP contribution in [0, 0.1) is 0 Å². The molecule has 0 spiro atoms. The molecule has 2 aromatic carbocycles. The molecule has 2 N–H and O–H groups in total. The minimum Gasteiger partial charge on any atom is -0.399 e. The number of carbonyl (C=O) groups is 1. The first-order valence-electron chi connectivity index (χ1n) is 13.2. The lowest BCUT2D eigenvalue weighted by molar-refractivity contribution is 0.0982. The van der Waals surface area contributed by atoms with Crippen molar-refractivity contribution in [2.45, 2.75) is 25.7 Å². The molecule has 0 radical (unpaired) electrons. The van der Waals surface area contributed by atoms with E-state index >= 15 is 0 Å². The molecule has 37 heavy (non-hydrogen) atoms. The fraction of sp³-hybridized carbons (Fsp3) is 0.414. The van der Waals surface area contributed by atoms with Crippen LogP contribution in [-0.2, 0) is 12.8 Å². The minimum absolute atomic E-state index is 0.0360. The van der Waals surface area contributed by atoms with Gasteiger partial charge in [0.15, 0.2) is 0 Å². The largest absolute Gasteiger partial charge is 0.399 e. The van der Waals surface area contributed by atoms with Crippen molar-refractivity contribution in [2.24, 2.45) is 0 Å². The van der Waals surface area contributed by atoms with Crippen LogP contribution in [0.2, 0.25) is 0 Å². The topological polar surface area (TPSA) is 81.8 Å². The Bertz CT molecular complexity index is 1200. The van der Waals surface area contributed by atoms with Crippen LogP contribution in [0.25, 0.3) is 0 Å². The van der Waals surface area contributed by atoms with Gasteiger partial charge in [0, 0.05) is 87.2 Å². The Kier molecular flexibility index (Phi) is 7.55. The molecule has 8 heteroatoms. The summed E-state index contributed by atoms with van der Waals surface area (Å²) in [6, 6.07) is 15.9. The van der Waals surface area contributed by atoms with Crippen molar-refractivity contribution in [3.63, 3.8) is 0 Å². The Balaban J connectivity index is 1.28. The number of piperazine rings is 1. The number of benzene rings is 2. The van der Waals surface area contributed by atoms with Crippen molar-refractivity contribution in [2.75, 3.05) is 73.8 Å². The maximum absolute atomic E-state index is 13.7. The lowest BCUT2D eigenvalue weighted by Gasteiger charge is -2.37. The molecule has 3 aromatic rings. The molecule has 1 amide bonds. The average Bonchev–Trinajstić information content (AvgIpc) is 2.94. The molecule has 5 rings (SSSR count). The van der Waals surface area contributed by atoms with E-state index in [1.165, 1.54) is 11.4 Å². The Labute approximate surface area is 219 Å². The number of aryl methyl sites for hydroxylation is 1. The standard InChI is InChI=1S/C29H37N7O/c1-33(2)24-11-13-25(14-12-24)35-18-15-34(16-19-35)17-20-36(29(37)22-7-9-23(30)10-8-22)28-26-5-3-4-6-27(26)31-21-32-28/h7-14,21H,3-6,15-20,30H2,1-2H3. The van der Waals surface area contributed by atoms with Gasteiger partial charge in [-0.15, -0.1) is 0 Å². The summed E-state index contributed by atoms with van der Waals surface area (Å²) in [5, 5.41) is 0. The highest BCUT2D eigenvalue weighted by Crippen LogP contribution is 2.28. The van der Waals surface area contributed by atoms with Gasteiger partial charge in [0.2, 0.25) is 0 Å². The first-order valence-corrected chi connectivity index (χ1v) is 13.2. The normalized spacial score (nSPS) is 15.8. The van der Waals surface area contributed by atoms with Gasteiger partial charge in [-0.3, -0.25) is 14.6 Å². The molecule has 8 nitrogen and oxygen atoms in total. The van der Waals surface area contributed by atoms with Gasteiger partial charge in [0.1, 0.15) is 12.1 Å². The molecule has 0 atom stereocenters. The number of nitrogens with zero attached hydrogens (tertiary/aromatic N) is 6. The molecule has 1 aliphatic carbocycles. The molecule has 194 valence electrons. The molecule has 0 bridgehead atoms. The second kappa shape index (κ2) is 11.2. The summed E-state index contributed by atoms with van der Waals surface area (Å²) in [6.45, 7) is 5.24. The number of aromatic nitrogens is 2. The summed E-state index contributed by atoms with van der Waals surface area (Å²) in [6.07, 6.45) is 5.73. The van der Waals surface area contributed by atoms with Gasteiger partial charge in [-0.25, -0.2) is 9.97 Å². The van der Waals surface area contributed by atoms with E-state index in [9.17, 15) is 4.79 Å². The number of amides is 1. The van der Waals surface area contributed by atoms with Gasteiger partial charge in [-0.05, 0) is 74.2 Å². The third kappa shape index (κ3) is 5.69. The van der Waals surface area contributed by atoms with Crippen LogP contribution < -0.4 is 20.4 Å². The average molecular weight is 500 g/mol. The van der Waals surface area contributed by atoms with Gasteiger partial charge in [-0.2, -0.15) is 0 Å². The number of nitrogens with two attached hydrogens (primary N) is 1. The summed E-state index contributed by atoms with van der Waals surface area (Å²) < 4.78 is 0. The number of hydrogen-bond donors (Lipinski definition) is 1. The molecule has 1 fully saturated rings. The Morgan fingerprint density at radius 2 is 1.62 bits per heavy atom. The Hall–Kier alpha value is -3.65. The van der Waals surface area contributed by atoms with Gasteiger partial charge in [0.05, 0.1) is 0 Å². The maximum Gasteiger partial charge on any atom is 0.259 e. The second-order valence-corrected chi connectivity index (χ2v) is 10.1. The molecule has 2 heterocycles. The van der Waals surface area contributed by atoms with Crippen LogP contribution in [0.5, 0.6) is 0 Å². The van der Waals surface area contributed by atoms with Gasteiger partial charge < -0.3 is 15.5 Å². The number of hydrogen-bond acceptors (Lipinski definition) is 7. The van der Waals surface area contributed by atoms with Crippen molar-refractivity contribution in [1.29, 1.82) is 0 Å². The van der Waals surface area contributed by atoms with Crippen LogP contribution >= 0.6 is 0 Å². The number of fused-ring (bicyclic) bond motifs is 1. The third-order valence-electron chi connectivity index (χ3n) is 7.50. The lowest BCUT2D eigenvalue weighted by atomic mass is 9.96. The predicted molar refractivity (Wildman–Crippen MR) is 151 cm³/mol. The highest BCUT2D eigenvalue weighted by atomic mass is 16.2. The van der Waals surface area contributed by atoms with Crippen molar-refractivity contribution in [3.05, 3.63) is 71.7 Å². The molecule has 1 saturated heterocycles. The zero-order chi connectivity index (χ0) is 25.8. The SMILES string of the molecule is CN(C)c1ccc(N2CCN(CCN(C(=O)c3ccc(N)cc3)c3ncnc4c3CCCC4)CC2)cc1. The molecule has 0 saturated carbocycles. The molecule has 1 aliphatic heterocycles. The predicted octanol–water partition coefficient (Wildman–Crippen LogP) is 3.47. The van der Waals surface area contributed by atoms with Crippen LogP contribution in [0.4, 0.5) is 22.9 Å². The van der Waals surface area contributed by atoms with Crippen molar-refractivity contribution in [1.82, 2.24) is 14.9 Å². The fourth-order valence-electron chi connectivity index (χ4n) is 5.25. The quantitative estimate of drug-likeness (QED) is 0.499. The number of anilines is 4. The van der Waals surface area contributed by atoms with E-state index in [-0.39, 0.29) is 5.91 Å². The molecule has 1 aromatic heterocycles. The lowest BCUT2D eigenvalue weighted by Crippen LogP contribution is -2.49. The zero-order valence-electron chi connectivity index (χ0n) is 21.9. The maximum atomic E-state index is 13.7. The summed E-state index contributed by atoms with van der Waals surface area (Å²) >= 11 is 0. The third-order valence-corrected chi connectivity index (χ3v) is 7.50. The molecule has 0 unspecified atom stereocenters. The van der Waals surface area contributed by atoms with E-state index in [2.05, 4.69) is 63.0 Å². The summed E-state index contributed by atoms with van der Waals surface area (Å²) in [4.78, 5) is 31.7. The monoisotopic (exact) mass is 499 g/mol. The van der Waals surface area contributed by atoms with E-state index in [4.69, 9.17) is 5.73 Å². The summed E-state index contributed by atoms with van der Waals surface area (Å²) in [5.74, 6) is 0.734. The van der Waals surface area contributed by atoms with E-state index in [0.717, 1.165) is 75.5 Å². The second-order valence-electron chi connectivity index (χ2n) is 10.1. The van der Waals surface area contributed by atoms with Crippen molar-refractivity contribution >= 4 is 28.8 Å². The molecule has 2 aliphatic rings. The number of rotatable bonds is 7. The first kappa shape index (κ1) is 25.0. The smallest absolute Gasteiger partial charge is 0.259 e. The highest BCUT2D eigenvalue weighted by molar-refractivity contribution is 6.06.